The van der Waals surface area contributed by atoms with E-state index in [9.17, 15) is 4.79 Å². The maximum absolute atomic E-state index is 9.88. The zero-order valence-electron chi connectivity index (χ0n) is 5.51. The SMILES string of the molecule is C=NNNCC(Cl)CC=O.[NaH]. The maximum atomic E-state index is 9.88. The van der Waals surface area contributed by atoms with Gasteiger partial charge in [0.05, 0.1) is 5.38 Å². The zero-order chi connectivity index (χ0) is 7.82. The zero-order valence-corrected chi connectivity index (χ0v) is 6.27. The molecule has 0 saturated carbocycles. The van der Waals surface area contributed by atoms with Crippen molar-refractivity contribution in [1.82, 2.24) is 11.0 Å². The summed E-state index contributed by atoms with van der Waals surface area (Å²) in [5.74, 6) is 0. The van der Waals surface area contributed by atoms with Crippen LogP contribution >= 0.6 is 11.6 Å². The molecule has 60 valence electrons. The fourth-order valence-corrected chi connectivity index (χ4v) is 0.550. The molecule has 1 unspecified atom stereocenters. The van der Waals surface area contributed by atoms with E-state index in [1.807, 2.05) is 0 Å². The van der Waals surface area contributed by atoms with Crippen molar-refractivity contribution < 1.29 is 4.79 Å². The van der Waals surface area contributed by atoms with E-state index >= 15 is 0 Å². The van der Waals surface area contributed by atoms with E-state index in [1.54, 1.807) is 0 Å². The number of hydrazone groups is 1. The van der Waals surface area contributed by atoms with Crippen LogP contribution in [0.4, 0.5) is 0 Å². The molecule has 0 aliphatic carbocycles. The van der Waals surface area contributed by atoms with Gasteiger partial charge >= 0.3 is 29.6 Å². The third kappa shape index (κ3) is 10.4. The molecule has 0 aromatic carbocycles. The molecule has 0 radical (unpaired) electrons. The molecule has 0 aliphatic heterocycles. The van der Waals surface area contributed by atoms with Gasteiger partial charge in [0.1, 0.15) is 6.29 Å². The molecule has 0 amide bonds. The minimum absolute atomic E-state index is 0. The van der Waals surface area contributed by atoms with E-state index in [2.05, 4.69) is 22.8 Å². The van der Waals surface area contributed by atoms with Gasteiger partial charge in [0.15, 0.2) is 0 Å². The van der Waals surface area contributed by atoms with Crippen molar-refractivity contribution in [2.24, 2.45) is 5.10 Å². The first-order chi connectivity index (χ1) is 4.81. The Kier molecular flexibility index (Phi) is 13.2. The number of nitrogens with zero attached hydrogens (tertiary/aromatic N) is 1. The summed E-state index contributed by atoms with van der Waals surface area (Å²) in [5, 5.41) is 3.12. The molecule has 0 aliphatic rings. The molecular weight excluding hydrogens is 177 g/mol. The predicted octanol–water partition coefficient (Wildman–Crippen LogP) is -0.756. The van der Waals surface area contributed by atoms with E-state index in [-0.39, 0.29) is 34.9 Å². The van der Waals surface area contributed by atoms with Crippen molar-refractivity contribution >= 4 is 54.2 Å². The number of carbonyl (C=O) groups is 1. The summed E-state index contributed by atoms with van der Waals surface area (Å²) in [5.41, 5.74) is 5.05. The molecule has 11 heavy (non-hydrogen) atoms. The van der Waals surface area contributed by atoms with Gasteiger partial charge in [-0.1, -0.05) is 0 Å². The number of aldehydes is 1. The molecule has 0 aromatic rings. The number of carbonyl (C=O) groups excluding carboxylic acids is 1. The topological polar surface area (TPSA) is 53.5 Å². The molecule has 6 heteroatoms. The second-order valence-corrected chi connectivity index (χ2v) is 2.27. The molecule has 0 fully saturated rings. The third-order valence-corrected chi connectivity index (χ3v) is 1.17. The number of rotatable bonds is 6. The Bertz CT molecular complexity index is 114. The first-order valence-corrected chi connectivity index (χ1v) is 3.26. The van der Waals surface area contributed by atoms with Gasteiger partial charge in [0.25, 0.3) is 0 Å². The second kappa shape index (κ2) is 10.4. The van der Waals surface area contributed by atoms with Crippen molar-refractivity contribution in [1.29, 1.82) is 0 Å². The number of hydrogen-bond acceptors (Lipinski definition) is 4. The van der Waals surface area contributed by atoms with Crippen LogP contribution in [-0.4, -0.2) is 54.5 Å². The number of nitrogens with one attached hydrogen (secondary N) is 2. The van der Waals surface area contributed by atoms with Gasteiger partial charge in [0, 0.05) is 19.7 Å². The number of hydrazine groups is 1. The predicted molar refractivity (Wildman–Crippen MR) is 48.2 cm³/mol. The van der Waals surface area contributed by atoms with Crippen molar-refractivity contribution in [2.75, 3.05) is 6.54 Å². The number of alkyl halides is 1. The van der Waals surface area contributed by atoms with Crippen LogP contribution in [0.5, 0.6) is 0 Å². The first-order valence-electron chi connectivity index (χ1n) is 2.82. The standard InChI is InChI=1S/C5H10ClN3O.Na.H/c1-7-9-8-4-5(6)2-3-10;;/h3,5,8-9H,1-2,4H2;;. The Labute approximate surface area is 93.0 Å². The average molecular weight is 188 g/mol. The van der Waals surface area contributed by atoms with Gasteiger partial charge < -0.3 is 4.79 Å². The minimum atomic E-state index is -0.188. The van der Waals surface area contributed by atoms with Gasteiger partial charge in [-0.05, 0) is 0 Å². The van der Waals surface area contributed by atoms with Crippen molar-refractivity contribution in [3.05, 3.63) is 0 Å². The summed E-state index contributed by atoms with van der Waals surface area (Å²) < 4.78 is 0. The van der Waals surface area contributed by atoms with Crippen molar-refractivity contribution in [3.8, 4) is 0 Å². The van der Waals surface area contributed by atoms with Crippen LogP contribution in [0.2, 0.25) is 0 Å². The van der Waals surface area contributed by atoms with Gasteiger partial charge in [-0.2, -0.15) is 5.10 Å². The molecule has 0 heterocycles. The Balaban J connectivity index is 0. The van der Waals surface area contributed by atoms with Crippen LogP contribution < -0.4 is 11.0 Å². The average Bonchev–Trinajstić information content (AvgIpc) is 1.89. The number of halogens is 1. The van der Waals surface area contributed by atoms with E-state index in [0.717, 1.165) is 6.29 Å². The van der Waals surface area contributed by atoms with Crippen molar-refractivity contribution in [3.63, 3.8) is 0 Å². The summed E-state index contributed by atoms with van der Waals surface area (Å²) in [7, 11) is 0. The monoisotopic (exact) mass is 187 g/mol. The van der Waals surface area contributed by atoms with E-state index in [0.29, 0.717) is 13.0 Å². The Hall–Kier alpha value is 0.390. The fourth-order valence-electron chi connectivity index (χ4n) is 0.400. The molecule has 0 aromatic heterocycles. The van der Waals surface area contributed by atoms with Gasteiger partial charge in [-0.3, -0.25) is 0 Å². The quantitative estimate of drug-likeness (QED) is 0.144. The Morgan fingerprint density at radius 1 is 1.73 bits per heavy atom. The normalized spacial score (nSPS) is 11.0. The molecule has 2 N–H and O–H groups in total. The van der Waals surface area contributed by atoms with Gasteiger partial charge in [-0.25, -0.2) is 11.0 Å². The summed E-state index contributed by atoms with van der Waals surface area (Å²) in [6, 6.07) is 0. The Morgan fingerprint density at radius 3 is 2.82 bits per heavy atom. The second-order valence-electron chi connectivity index (χ2n) is 1.65. The molecular formula is C5H11ClN3NaO. The van der Waals surface area contributed by atoms with Crippen LogP contribution in [0.3, 0.4) is 0 Å². The van der Waals surface area contributed by atoms with E-state index in [1.165, 1.54) is 0 Å². The fraction of sp³-hybridized carbons (Fsp3) is 0.600. The van der Waals surface area contributed by atoms with Crippen molar-refractivity contribution in [2.45, 2.75) is 11.8 Å². The Morgan fingerprint density at radius 2 is 2.36 bits per heavy atom. The summed E-state index contributed by atoms with van der Waals surface area (Å²) >= 11 is 5.62. The van der Waals surface area contributed by atoms with E-state index in [4.69, 9.17) is 11.6 Å². The van der Waals surface area contributed by atoms with Crippen LogP contribution in [-0.2, 0) is 4.79 Å². The molecule has 0 saturated heterocycles. The van der Waals surface area contributed by atoms with Gasteiger partial charge in [0.2, 0.25) is 0 Å². The molecule has 1 atom stereocenters. The van der Waals surface area contributed by atoms with Crippen LogP contribution in [0.1, 0.15) is 6.42 Å². The molecule has 0 rings (SSSR count). The van der Waals surface area contributed by atoms with Crippen LogP contribution in [0.15, 0.2) is 5.10 Å². The summed E-state index contributed by atoms with van der Waals surface area (Å²) in [6.07, 6.45) is 1.12. The summed E-state index contributed by atoms with van der Waals surface area (Å²) in [4.78, 5) is 9.88. The molecule has 4 nitrogen and oxygen atoms in total. The summed E-state index contributed by atoms with van der Waals surface area (Å²) in [6.45, 7) is 3.65. The first kappa shape index (κ1) is 13.9. The number of hydrogen-bond donors (Lipinski definition) is 2. The molecule has 0 bridgehead atoms. The van der Waals surface area contributed by atoms with Crippen LogP contribution in [0.25, 0.3) is 0 Å². The van der Waals surface area contributed by atoms with Gasteiger partial charge in [-0.15, -0.1) is 11.6 Å². The third-order valence-electron chi connectivity index (χ3n) is 0.834. The molecule has 0 spiro atoms. The van der Waals surface area contributed by atoms with E-state index < -0.39 is 0 Å². The van der Waals surface area contributed by atoms with Crippen LogP contribution in [0, 0.1) is 0 Å².